The molecule has 0 spiro atoms. The summed E-state index contributed by atoms with van der Waals surface area (Å²) < 4.78 is 6.78. The van der Waals surface area contributed by atoms with Gasteiger partial charge in [-0.25, -0.2) is 9.78 Å². The van der Waals surface area contributed by atoms with Gasteiger partial charge in [0.25, 0.3) is 0 Å². The normalized spacial score (nSPS) is 10.8. The number of fused-ring (bicyclic) bond motifs is 1. The van der Waals surface area contributed by atoms with Crippen molar-refractivity contribution in [2.75, 3.05) is 7.11 Å². The minimum absolute atomic E-state index is 0.328. The smallest absolute Gasteiger partial charge is 0.337 e. The topological polar surface area (TPSA) is 44.1 Å². The van der Waals surface area contributed by atoms with Gasteiger partial charge in [-0.2, -0.15) is 0 Å². The molecule has 2 heterocycles. The van der Waals surface area contributed by atoms with Gasteiger partial charge in [-0.1, -0.05) is 23.7 Å². The van der Waals surface area contributed by atoms with Crippen LogP contribution in [0.2, 0.25) is 5.15 Å². The average Bonchev–Trinajstić information content (AvgIpc) is 2.92. The van der Waals surface area contributed by atoms with Crippen LogP contribution in [0.3, 0.4) is 0 Å². The van der Waals surface area contributed by atoms with Gasteiger partial charge >= 0.3 is 5.97 Å². The summed E-state index contributed by atoms with van der Waals surface area (Å²) in [6.07, 6.45) is 3.67. The van der Waals surface area contributed by atoms with Gasteiger partial charge in [0.05, 0.1) is 18.2 Å². The number of rotatable bonds is 3. The zero-order chi connectivity index (χ0) is 14.8. The molecule has 0 saturated heterocycles. The fourth-order valence-electron chi connectivity index (χ4n) is 2.29. The van der Waals surface area contributed by atoms with Crippen molar-refractivity contribution in [3.8, 4) is 0 Å². The van der Waals surface area contributed by atoms with Gasteiger partial charge in [0.2, 0.25) is 0 Å². The van der Waals surface area contributed by atoms with Gasteiger partial charge < -0.3 is 9.30 Å². The van der Waals surface area contributed by atoms with Gasteiger partial charge in [0.1, 0.15) is 5.15 Å². The molecule has 106 valence electrons. The first-order valence-electron chi connectivity index (χ1n) is 6.45. The maximum absolute atomic E-state index is 11.4. The molecule has 5 heteroatoms. The Kier molecular flexibility index (Phi) is 3.62. The van der Waals surface area contributed by atoms with E-state index in [9.17, 15) is 4.79 Å². The number of aromatic nitrogens is 2. The van der Waals surface area contributed by atoms with Crippen LogP contribution in [0.5, 0.6) is 0 Å². The van der Waals surface area contributed by atoms with Crippen molar-refractivity contribution in [1.82, 2.24) is 9.55 Å². The third kappa shape index (κ3) is 2.62. The monoisotopic (exact) mass is 300 g/mol. The molecule has 1 aromatic carbocycles. The van der Waals surface area contributed by atoms with Crippen molar-refractivity contribution in [2.24, 2.45) is 0 Å². The van der Waals surface area contributed by atoms with E-state index in [1.807, 2.05) is 30.5 Å². The Morgan fingerprint density at radius 3 is 2.71 bits per heavy atom. The Hall–Kier alpha value is -2.33. The summed E-state index contributed by atoms with van der Waals surface area (Å²) in [4.78, 5) is 15.5. The van der Waals surface area contributed by atoms with Crippen LogP contribution in [-0.4, -0.2) is 22.6 Å². The number of ether oxygens (including phenoxy) is 1. The first kappa shape index (κ1) is 13.6. The second kappa shape index (κ2) is 5.58. The number of carbonyl (C=O) groups excluding carboxylic acids is 1. The molecule has 0 aliphatic heterocycles. The van der Waals surface area contributed by atoms with Gasteiger partial charge in [0.15, 0.2) is 0 Å². The number of pyridine rings is 1. The molecule has 21 heavy (non-hydrogen) atoms. The number of methoxy groups -OCH3 is 1. The van der Waals surface area contributed by atoms with Gasteiger partial charge in [-0.05, 0) is 29.8 Å². The van der Waals surface area contributed by atoms with E-state index in [4.69, 9.17) is 11.6 Å². The van der Waals surface area contributed by atoms with Crippen LogP contribution in [0.1, 0.15) is 15.9 Å². The number of esters is 1. The molecule has 0 aliphatic rings. The number of hydrogen-bond donors (Lipinski definition) is 0. The van der Waals surface area contributed by atoms with Crippen molar-refractivity contribution < 1.29 is 9.53 Å². The number of halogens is 1. The summed E-state index contributed by atoms with van der Waals surface area (Å²) in [6.45, 7) is 0.700. The van der Waals surface area contributed by atoms with Crippen molar-refractivity contribution >= 4 is 28.5 Å². The van der Waals surface area contributed by atoms with Crippen LogP contribution in [-0.2, 0) is 11.3 Å². The molecule has 0 saturated carbocycles. The Labute approximate surface area is 126 Å². The molecule has 3 aromatic rings. The van der Waals surface area contributed by atoms with Crippen LogP contribution >= 0.6 is 11.6 Å². The molecular weight excluding hydrogens is 288 g/mol. The van der Waals surface area contributed by atoms with Crippen molar-refractivity contribution in [1.29, 1.82) is 0 Å². The SMILES string of the molecule is COC(=O)c1ccc(Cn2ccc3c(Cl)nccc32)cc1. The summed E-state index contributed by atoms with van der Waals surface area (Å²) in [6, 6.07) is 11.3. The van der Waals surface area contributed by atoms with Crippen LogP contribution in [0.15, 0.2) is 48.8 Å². The highest BCUT2D eigenvalue weighted by Gasteiger charge is 2.07. The highest BCUT2D eigenvalue weighted by Crippen LogP contribution is 2.22. The predicted octanol–water partition coefficient (Wildman–Crippen LogP) is 3.52. The first-order chi connectivity index (χ1) is 10.2. The van der Waals surface area contributed by atoms with E-state index in [1.54, 1.807) is 18.3 Å². The summed E-state index contributed by atoms with van der Waals surface area (Å²) in [5.74, 6) is -0.328. The second-order valence-corrected chi connectivity index (χ2v) is 5.02. The molecule has 0 N–H and O–H groups in total. The summed E-state index contributed by atoms with van der Waals surface area (Å²) in [5.41, 5.74) is 2.67. The zero-order valence-corrected chi connectivity index (χ0v) is 12.2. The molecule has 3 rings (SSSR count). The minimum Gasteiger partial charge on any atom is -0.465 e. The van der Waals surface area contributed by atoms with Gasteiger partial charge in [-0.3, -0.25) is 0 Å². The van der Waals surface area contributed by atoms with Crippen LogP contribution in [0, 0.1) is 0 Å². The Bertz CT molecular complexity index is 794. The molecule has 0 aliphatic carbocycles. The maximum atomic E-state index is 11.4. The molecule has 0 amide bonds. The predicted molar refractivity (Wildman–Crippen MR) is 81.6 cm³/mol. The van der Waals surface area contributed by atoms with E-state index >= 15 is 0 Å². The van der Waals surface area contributed by atoms with Crippen LogP contribution in [0.25, 0.3) is 10.9 Å². The first-order valence-corrected chi connectivity index (χ1v) is 6.83. The lowest BCUT2D eigenvalue weighted by Crippen LogP contribution is -2.02. The molecular formula is C16H13ClN2O2. The van der Waals surface area contributed by atoms with Crippen molar-refractivity contribution in [3.63, 3.8) is 0 Å². The van der Waals surface area contributed by atoms with Gasteiger partial charge in [0, 0.05) is 24.3 Å². The fraction of sp³-hybridized carbons (Fsp3) is 0.125. The Balaban J connectivity index is 1.88. The molecule has 2 aromatic heterocycles. The lowest BCUT2D eigenvalue weighted by atomic mass is 10.1. The second-order valence-electron chi connectivity index (χ2n) is 4.67. The Morgan fingerprint density at radius 2 is 2.00 bits per heavy atom. The quantitative estimate of drug-likeness (QED) is 0.549. The van der Waals surface area contributed by atoms with Crippen molar-refractivity contribution in [2.45, 2.75) is 6.54 Å². The zero-order valence-electron chi connectivity index (χ0n) is 11.4. The van der Waals surface area contributed by atoms with E-state index in [-0.39, 0.29) is 5.97 Å². The highest BCUT2D eigenvalue weighted by molar-refractivity contribution is 6.34. The molecule has 0 radical (unpaired) electrons. The molecule has 0 bridgehead atoms. The van der Waals surface area contributed by atoms with E-state index in [1.165, 1.54) is 7.11 Å². The summed E-state index contributed by atoms with van der Waals surface area (Å²) in [7, 11) is 1.37. The Morgan fingerprint density at radius 1 is 1.24 bits per heavy atom. The van der Waals surface area contributed by atoms with E-state index in [2.05, 4.69) is 14.3 Å². The van der Waals surface area contributed by atoms with E-state index in [0.29, 0.717) is 17.3 Å². The van der Waals surface area contributed by atoms with Gasteiger partial charge in [-0.15, -0.1) is 0 Å². The fourth-order valence-corrected chi connectivity index (χ4v) is 2.50. The molecule has 4 nitrogen and oxygen atoms in total. The molecule has 0 atom stereocenters. The standard InChI is InChI=1S/C16H13ClN2O2/c1-21-16(20)12-4-2-11(3-5-12)10-19-9-7-13-14(19)6-8-18-15(13)17/h2-9H,10H2,1H3. The number of hydrogen-bond acceptors (Lipinski definition) is 3. The number of benzene rings is 1. The largest absolute Gasteiger partial charge is 0.465 e. The third-order valence-electron chi connectivity index (χ3n) is 3.38. The minimum atomic E-state index is -0.328. The number of nitrogens with zero attached hydrogens (tertiary/aromatic N) is 2. The highest BCUT2D eigenvalue weighted by atomic mass is 35.5. The lowest BCUT2D eigenvalue weighted by Gasteiger charge is -2.07. The van der Waals surface area contributed by atoms with E-state index < -0.39 is 0 Å². The average molecular weight is 301 g/mol. The maximum Gasteiger partial charge on any atom is 0.337 e. The van der Waals surface area contributed by atoms with Crippen LogP contribution < -0.4 is 0 Å². The van der Waals surface area contributed by atoms with E-state index in [0.717, 1.165) is 16.5 Å². The molecule has 0 fully saturated rings. The lowest BCUT2D eigenvalue weighted by molar-refractivity contribution is 0.0600. The third-order valence-corrected chi connectivity index (χ3v) is 3.68. The van der Waals surface area contributed by atoms with Crippen LogP contribution in [0.4, 0.5) is 0 Å². The molecule has 0 unspecified atom stereocenters. The van der Waals surface area contributed by atoms with Crippen molar-refractivity contribution in [3.05, 3.63) is 65.1 Å². The summed E-state index contributed by atoms with van der Waals surface area (Å²) in [5, 5.41) is 1.44. The summed E-state index contributed by atoms with van der Waals surface area (Å²) >= 11 is 6.07. The number of carbonyl (C=O) groups is 1.